The second-order valence-corrected chi connectivity index (χ2v) is 20.4. The van der Waals surface area contributed by atoms with Gasteiger partial charge in [-0.05, 0) is 69.6 Å². The summed E-state index contributed by atoms with van der Waals surface area (Å²) in [7, 11) is 0. The van der Waals surface area contributed by atoms with E-state index in [4.69, 9.17) is 51.8 Å². The Hall–Kier alpha value is -7.86. The number of esters is 2. The largest absolute Gasteiger partial charge is 0.463 e. The lowest BCUT2D eigenvalue weighted by Crippen LogP contribution is -2.64. The van der Waals surface area contributed by atoms with Gasteiger partial charge in [-0.2, -0.15) is 0 Å². The lowest BCUT2D eigenvalue weighted by atomic mass is 9.80. The van der Waals surface area contributed by atoms with E-state index in [0.717, 1.165) is 44.5 Å². The van der Waals surface area contributed by atoms with Crippen LogP contribution in [-0.4, -0.2) is 90.5 Å². The summed E-state index contributed by atoms with van der Waals surface area (Å²) < 4.78 is 74.0. The first-order valence-electron chi connectivity index (χ1n) is 27.7. The maximum atomic E-state index is 12.8. The Morgan fingerprint density at radius 3 is 1.22 bits per heavy atom. The molecule has 10 unspecified atom stereocenters. The molecule has 0 aliphatic carbocycles. The number of nitrogens with zero attached hydrogens (tertiary/aromatic N) is 2. The van der Waals surface area contributed by atoms with Crippen LogP contribution >= 0.6 is 0 Å². The summed E-state index contributed by atoms with van der Waals surface area (Å²) in [5.74, 6) is -0.163. The first-order chi connectivity index (χ1) is 40.2. The molecule has 2 fully saturated rings. The van der Waals surface area contributed by atoms with Crippen LogP contribution in [0, 0.1) is 12.8 Å². The maximum Gasteiger partial charge on any atom is 0.302 e. The fraction of sp³-hybridized carbons (Fsp3) is 0.313. The Balaban J connectivity index is 1.05. The fourth-order valence-electron chi connectivity index (χ4n) is 10.4. The summed E-state index contributed by atoms with van der Waals surface area (Å²) in [5.41, 5.74) is 7.35. The number of hydrogen-bond donors (Lipinski definition) is 0. The van der Waals surface area contributed by atoms with Crippen molar-refractivity contribution in [1.29, 1.82) is 0 Å². The minimum absolute atomic E-state index is 0.142. The predicted octanol–water partition coefficient (Wildman–Crippen LogP) is 11.6. The highest BCUT2D eigenvalue weighted by Crippen LogP contribution is 2.41. The molecule has 2 aliphatic rings. The Kier molecular flexibility index (Phi) is 20.1. The molecule has 3 heterocycles. The van der Waals surface area contributed by atoms with E-state index in [1.807, 2.05) is 200 Å². The fourth-order valence-corrected chi connectivity index (χ4v) is 10.4. The number of aryl methyl sites for hydroxylation is 1. The minimum Gasteiger partial charge on any atom is -0.463 e. The van der Waals surface area contributed by atoms with Crippen molar-refractivity contribution in [2.45, 2.75) is 115 Å². The third kappa shape index (κ3) is 15.8. The van der Waals surface area contributed by atoms with Gasteiger partial charge >= 0.3 is 11.9 Å². The van der Waals surface area contributed by atoms with Crippen LogP contribution in [0.4, 0.5) is 0 Å². The molecule has 82 heavy (non-hydrogen) atoms. The molecular weight excluding hydrogens is 1040 g/mol. The van der Waals surface area contributed by atoms with Gasteiger partial charge in [-0.1, -0.05) is 176 Å². The molecule has 0 radical (unpaired) electrons. The summed E-state index contributed by atoms with van der Waals surface area (Å²) in [4.78, 5) is 25.5. The summed E-state index contributed by atoms with van der Waals surface area (Å²) in [6.07, 6.45) is -7.49. The van der Waals surface area contributed by atoms with Crippen molar-refractivity contribution < 1.29 is 61.4 Å². The van der Waals surface area contributed by atoms with Gasteiger partial charge in [-0.3, -0.25) is 9.59 Å². The van der Waals surface area contributed by atoms with Crippen molar-refractivity contribution >= 4 is 11.9 Å². The van der Waals surface area contributed by atoms with Gasteiger partial charge < -0.3 is 51.8 Å². The van der Waals surface area contributed by atoms with Gasteiger partial charge in [0.05, 0.1) is 45.2 Å². The van der Waals surface area contributed by atoms with Crippen molar-refractivity contribution in [2.24, 2.45) is 5.92 Å². The topological polar surface area (TPSA) is 165 Å². The molecule has 0 saturated carbocycles. The number of rotatable bonds is 25. The predicted molar refractivity (Wildman–Crippen MR) is 304 cm³/mol. The van der Waals surface area contributed by atoms with Crippen LogP contribution in [-0.2, 0) is 85.3 Å². The lowest BCUT2D eigenvalue weighted by Gasteiger charge is -2.50. The molecule has 0 bridgehead atoms. The molecule has 1 aromatic heterocycles. The second kappa shape index (κ2) is 28.7. The van der Waals surface area contributed by atoms with Crippen LogP contribution in [0.2, 0.25) is 0 Å². The zero-order valence-corrected chi connectivity index (χ0v) is 46.2. The van der Waals surface area contributed by atoms with Crippen LogP contribution in [0.3, 0.4) is 0 Å². The van der Waals surface area contributed by atoms with E-state index in [9.17, 15) is 9.59 Å². The molecule has 2 aliphatic heterocycles. The summed E-state index contributed by atoms with van der Waals surface area (Å²) in [5, 5.41) is 8.14. The smallest absolute Gasteiger partial charge is 0.302 e. The van der Waals surface area contributed by atoms with Crippen LogP contribution < -0.4 is 4.74 Å². The standard InChI is InChI=1S/C67H68N2O13/c1-45-68-69-66(79-45)55-31-29-53(30-32-55)54-33-35-56(36-34-54)80-67-62(75-39-49-21-11-5-12-22-49)57(61(59(82-67)43-72-46(2)70)74-38-48-19-9-4-10-20-48)37-58-63(76-40-50-23-13-6-14-24-50)65(78-42-52-27-17-8-18-28-52)64(60(81-58)44-73-47(3)71)77-41-51-25-15-7-16-26-51/h4-36,57-65,67H,37-44H2,1-3H3. The first-order valence-corrected chi connectivity index (χ1v) is 27.7. The van der Waals surface area contributed by atoms with Gasteiger partial charge in [0.1, 0.15) is 55.6 Å². The van der Waals surface area contributed by atoms with E-state index in [2.05, 4.69) is 10.2 Å². The maximum absolute atomic E-state index is 12.8. The van der Waals surface area contributed by atoms with Crippen LogP contribution in [0.5, 0.6) is 5.75 Å². The number of carbonyl (C=O) groups is 2. The number of benzene rings is 7. The molecule has 8 aromatic rings. The Labute approximate surface area is 478 Å². The molecule has 2 saturated heterocycles. The van der Waals surface area contributed by atoms with Crippen molar-refractivity contribution in [1.82, 2.24) is 10.2 Å². The van der Waals surface area contributed by atoms with Crippen molar-refractivity contribution in [2.75, 3.05) is 13.2 Å². The summed E-state index contributed by atoms with van der Waals surface area (Å²) >= 11 is 0. The Morgan fingerprint density at radius 2 is 0.793 bits per heavy atom. The van der Waals surface area contributed by atoms with E-state index < -0.39 is 73.0 Å². The highest BCUT2D eigenvalue weighted by atomic mass is 16.7. The number of aromatic nitrogens is 2. The third-order valence-electron chi connectivity index (χ3n) is 14.4. The molecular formula is C67H68N2O13. The number of hydrogen-bond acceptors (Lipinski definition) is 15. The van der Waals surface area contributed by atoms with E-state index in [0.29, 0.717) is 17.5 Å². The quantitative estimate of drug-likeness (QED) is 0.0496. The first kappa shape index (κ1) is 57.4. The molecule has 0 spiro atoms. The monoisotopic (exact) mass is 1110 g/mol. The third-order valence-corrected chi connectivity index (χ3v) is 14.4. The van der Waals surface area contributed by atoms with Gasteiger partial charge in [0.25, 0.3) is 0 Å². The highest BCUT2D eigenvalue weighted by molar-refractivity contribution is 5.68. The van der Waals surface area contributed by atoms with E-state index >= 15 is 0 Å². The van der Waals surface area contributed by atoms with Crippen LogP contribution in [0.1, 0.15) is 54.0 Å². The Bertz CT molecular complexity index is 3190. The SMILES string of the molecule is CC(=O)OCC1OC(Oc2ccc(-c3ccc(-c4nnc(C)o4)cc3)cc2)C(OCc2ccccc2)C(CC2OC(COC(C)=O)C(OCc3ccccc3)C(OCc3ccccc3)C2OCc2ccccc2)C1OCc1ccccc1. The summed E-state index contributed by atoms with van der Waals surface area (Å²) in [6.45, 7) is 5.16. The molecule has 0 amide bonds. The summed E-state index contributed by atoms with van der Waals surface area (Å²) in [6, 6.07) is 65.0. The molecule has 7 aromatic carbocycles. The average molecular weight is 1110 g/mol. The van der Waals surface area contributed by atoms with E-state index in [-0.39, 0.29) is 52.7 Å². The highest BCUT2D eigenvalue weighted by Gasteiger charge is 2.54. The average Bonchev–Trinajstić information content (AvgIpc) is 4.09. The molecule has 0 N–H and O–H groups in total. The normalized spacial score (nSPS) is 22.5. The van der Waals surface area contributed by atoms with Gasteiger partial charge in [0.2, 0.25) is 18.1 Å². The molecule has 10 rings (SSSR count). The van der Waals surface area contributed by atoms with Crippen molar-refractivity contribution in [3.05, 3.63) is 234 Å². The Morgan fingerprint density at radius 1 is 0.415 bits per heavy atom. The second-order valence-electron chi connectivity index (χ2n) is 20.4. The van der Waals surface area contributed by atoms with Crippen LogP contribution in [0.15, 0.2) is 205 Å². The van der Waals surface area contributed by atoms with E-state index in [1.54, 1.807) is 6.92 Å². The zero-order chi connectivity index (χ0) is 56.5. The molecule has 424 valence electrons. The van der Waals surface area contributed by atoms with Gasteiger partial charge in [-0.25, -0.2) is 0 Å². The number of ether oxygens (including phenoxy) is 10. The van der Waals surface area contributed by atoms with Crippen molar-refractivity contribution in [3.8, 4) is 28.3 Å². The van der Waals surface area contributed by atoms with Gasteiger partial charge in [0.15, 0.2) is 0 Å². The lowest BCUT2D eigenvalue weighted by molar-refractivity contribution is -0.304. The molecule has 15 nitrogen and oxygen atoms in total. The number of carbonyl (C=O) groups excluding carboxylic acids is 2. The van der Waals surface area contributed by atoms with Crippen LogP contribution in [0.25, 0.3) is 22.6 Å². The molecule has 15 heteroatoms. The minimum atomic E-state index is -1.09. The van der Waals surface area contributed by atoms with Gasteiger partial charge in [-0.15, -0.1) is 10.2 Å². The molecule has 10 atom stereocenters. The van der Waals surface area contributed by atoms with Crippen molar-refractivity contribution in [3.63, 3.8) is 0 Å². The van der Waals surface area contributed by atoms with E-state index in [1.165, 1.54) is 13.8 Å². The van der Waals surface area contributed by atoms with Gasteiger partial charge in [0, 0.05) is 32.3 Å². The zero-order valence-electron chi connectivity index (χ0n) is 46.2.